The first-order valence-electron chi connectivity index (χ1n) is 8.29. The van der Waals surface area contributed by atoms with Crippen LogP contribution in [0.25, 0.3) is 11.0 Å². The second-order valence-electron chi connectivity index (χ2n) is 6.19. The van der Waals surface area contributed by atoms with Crippen molar-refractivity contribution in [3.8, 4) is 0 Å². The molecule has 0 radical (unpaired) electrons. The number of aldehydes is 1. The van der Waals surface area contributed by atoms with Crippen LogP contribution in [-0.2, 0) is 11.8 Å². The van der Waals surface area contributed by atoms with Crippen molar-refractivity contribution < 1.29 is 19.5 Å². The largest absolute Gasteiger partial charge is 0.481 e. The summed E-state index contributed by atoms with van der Waals surface area (Å²) in [5, 5.41) is 9.23. The van der Waals surface area contributed by atoms with Gasteiger partial charge >= 0.3 is 5.97 Å². The minimum Gasteiger partial charge on any atom is -0.481 e. The summed E-state index contributed by atoms with van der Waals surface area (Å²) >= 11 is 0. The molecule has 8 nitrogen and oxygen atoms in total. The van der Waals surface area contributed by atoms with Crippen LogP contribution < -0.4 is 4.90 Å². The number of carboxylic acids is 1. The normalized spacial score (nSPS) is 11.9. The third kappa shape index (κ3) is 3.55. The number of nitrogens with zero attached hydrogens (tertiary/aromatic N) is 4. The third-order valence-corrected chi connectivity index (χ3v) is 4.32. The fourth-order valence-electron chi connectivity index (χ4n) is 2.76. The molecule has 1 atom stereocenters. The van der Waals surface area contributed by atoms with Crippen LogP contribution >= 0.6 is 0 Å². The molecule has 3 aromatic rings. The van der Waals surface area contributed by atoms with Gasteiger partial charge in [-0.15, -0.1) is 0 Å². The quantitative estimate of drug-likeness (QED) is 0.670. The number of aryl methyl sites for hydroxylation is 1. The van der Waals surface area contributed by atoms with Crippen LogP contribution in [0.15, 0.2) is 42.6 Å². The predicted octanol–water partition coefficient (Wildman–Crippen LogP) is 2.15. The SMILES string of the molecule is CC(CN(C(=O)c1ccc2c(c1)nc(C=O)n2C)c1ccccn1)C(=O)O. The van der Waals surface area contributed by atoms with Crippen molar-refractivity contribution in [2.45, 2.75) is 6.92 Å². The maximum absolute atomic E-state index is 13.1. The number of fused-ring (bicyclic) bond motifs is 1. The Morgan fingerprint density at radius 2 is 2.07 bits per heavy atom. The lowest BCUT2D eigenvalue weighted by molar-refractivity contribution is -0.140. The second-order valence-corrected chi connectivity index (χ2v) is 6.19. The standard InChI is InChI=1S/C19H18N4O4/c1-12(19(26)27)10-23(16-5-3-4-8-20-16)18(25)13-6-7-15-14(9-13)21-17(11-24)22(15)2/h3-9,11-12H,10H2,1-2H3,(H,26,27). The highest BCUT2D eigenvalue weighted by molar-refractivity contribution is 6.07. The fraction of sp³-hybridized carbons (Fsp3) is 0.211. The molecule has 1 aromatic carbocycles. The molecule has 2 heterocycles. The van der Waals surface area contributed by atoms with E-state index in [9.17, 15) is 19.5 Å². The van der Waals surface area contributed by atoms with Crippen LogP contribution in [0.1, 0.15) is 27.9 Å². The number of aromatic nitrogens is 3. The number of imidazole rings is 1. The fourth-order valence-corrected chi connectivity index (χ4v) is 2.76. The molecule has 8 heteroatoms. The number of anilines is 1. The monoisotopic (exact) mass is 366 g/mol. The van der Waals surface area contributed by atoms with E-state index in [0.29, 0.717) is 23.2 Å². The zero-order valence-electron chi connectivity index (χ0n) is 14.9. The maximum atomic E-state index is 13.1. The van der Waals surface area contributed by atoms with E-state index in [1.165, 1.54) is 11.8 Å². The zero-order chi connectivity index (χ0) is 19.6. The maximum Gasteiger partial charge on any atom is 0.308 e. The summed E-state index contributed by atoms with van der Waals surface area (Å²) in [4.78, 5) is 45.2. The Morgan fingerprint density at radius 1 is 1.30 bits per heavy atom. The first-order chi connectivity index (χ1) is 12.9. The number of aliphatic carboxylic acids is 1. The number of carboxylic acid groups (broad SMARTS) is 1. The number of amides is 1. The lowest BCUT2D eigenvalue weighted by Gasteiger charge is -2.23. The van der Waals surface area contributed by atoms with E-state index in [1.807, 2.05) is 0 Å². The van der Waals surface area contributed by atoms with Gasteiger partial charge in [-0.2, -0.15) is 0 Å². The molecule has 0 aliphatic rings. The van der Waals surface area contributed by atoms with Gasteiger partial charge in [-0.05, 0) is 30.3 Å². The number of hydrogen-bond donors (Lipinski definition) is 1. The topological polar surface area (TPSA) is 105 Å². The second kappa shape index (κ2) is 7.36. The number of carbonyl (C=O) groups excluding carboxylic acids is 2. The molecule has 0 fully saturated rings. The van der Waals surface area contributed by atoms with Gasteiger partial charge in [0.1, 0.15) is 5.82 Å². The molecule has 2 aromatic heterocycles. The van der Waals surface area contributed by atoms with Crippen molar-refractivity contribution in [3.05, 3.63) is 54.0 Å². The third-order valence-electron chi connectivity index (χ3n) is 4.32. The Balaban J connectivity index is 2.01. The molecule has 27 heavy (non-hydrogen) atoms. The molecule has 0 aliphatic carbocycles. The van der Waals surface area contributed by atoms with Gasteiger partial charge in [0.15, 0.2) is 12.1 Å². The first kappa shape index (κ1) is 18.2. The van der Waals surface area contributed by atoms with Gasteiger partial charge in [-0.3, -0.25) is 19.3 Å². The molecular formula is C19H18N4O4. The van der Waals surface area contributed by atoms with Crippen LogP contribution in [0.4, 0.5) is 5.82 Å². The molecule has 3 rings (SSSR count). The Bertz CT molecular complexity index is 1010. The lowest BCUT2D eigenvalue weighted by atomic mass is 10.1. The van der Waals surface area contributed by atoms with Gasteiger partial charge < -0.3 is 9.67 Å². The minimum atomic E-state index is -1.00. The van der Waals surface area contributed by atoms with Gasteiger partial charge in [0.05, 0.1) is 17.0 Å². The van der Waals surface area contributed by atoms with Crippen molar-refractivity contribution in [1.29, 1.82) is 0 Å². The number of hydrogen-bond acceptors (Lipinski definition) is 5. The van der Waals surface area contributed by atoms with E-state index in [-0.39, 0.29) is 18.3 Å². The smallest absolute Gasteiger partial charge is 0.308 e. The van der Waals surface area contributed by atoms with Gasteiger partial charge in [-0.25, -0.2) is 9.97 Å². The summed E-state index contributed by atoms with van der Waals surface area (Å²) in [5.41, 5.74) is 1.57. The van der Waals surface area contributed by atoms with Crippen molar-refractivity contribution in [1.82, 2.24) is 14.5 Å². The summed E-state index contributed by atoms with van der Waals surface area (Å²) in [5.74, 6) is -1.53. The lowest BCUT2D eigenvalue weighted by Crippen LogP contribution is -2.37. The van der Waals surface area contributed by atoms with Crippen molar-refractivity contribution in [3.63, 3.8) is 0 Å². The number of carbonyl (C=O) groups is 3. The minimum absolute atomic E-state index is 0.0228. The summed E-state index contributed by atoms with van der Waals surface area (Å²) in [7, 11) is 1.72. The van der Waals surface area contributed by atoms with Crippen LogP contribution in [-0.4, -0.2) is 44.3 Å². The summed E-state index contributed by atoms with van der Waals surface area (Å²) < 4.78 is 1.64. The molecule has 0 bridgehead atoms. The summed E-state index contributed by atoms with van der Waals surface area (Å²) in [6, 6.07) is 10.0. The Hall–Kier alpha value is -3.55. The molecule has 0 aliphatic heterocycles. The van der Waals surface area contributed by atoms with E-state index in [0.717, 1.165) is 5.52 Å². The van der Waals surface area contributed by atoms with Crippen molar-refractivity contribution >= 4 is 35.0 Å². The molecule has 1 N–H and O–H groups in total. The van der Waals surface area contributed by atoms with Crippen LogP contribution in [0.2, 0.25) is 0 Å². The predicted molar refractivity (Wildman–Crippen MR) is 98.8 cm³/mol. The highest BCUT2D eigenvalue weighted by atomic mass is 16.4. The average molecular weight is 366 g/mol. The molecule has 0 saturated heterocycles. The molecule has 0 spiro atoms. The van der Waals surface area contributed by atoms with E-state index in [4.69, 9.17) is 0 Å². The van der Waals surface area contributed by atoms with Crippen LogP contribution in [0, 0.1) is 5.92 Å². The summed E-state index contributed by atoms with van der Waals surface area (Å²) in [6.07, 6.45) is 2.19. The van der Waals surface area contributed by atoms with E-state index < -0.39 is 11.9 Å². The molecule has 1 amide bonds. The average Bonchev–Trinajstić information content (AvgIpc) is 3.01. The number of rotatable bonds is 6. The Labute approximate surface area is 155 Å². The van der Waals surface area contributed by atoms with Crippen LogP contribution in [0.5, 0.6) is 0 Å². The zero-order valence-corrected chi connectivity index (χ0v) is 14.9. The van der Waals surface area contributed by atoms with E-state index >= 15 is 0 Å². The Kier molecular flexibility index (Phi) is 4.98. The molecule has 1 unspecified atom stereocenters. The Morgan fingerprint density at radius 3 is 2.70 bits per heavy atom. The van der Waals surface area contributed by atoms with E-state index in [1.54, 1.807) is 54.2 Å². The molecule has 0 saturated carbocycles. The highest BCUT2D eigenvalue weighted by Crippen LogP contribution is 2.20. The highest BCUT2D eigenvalue weighted by Gasteiger charge is 2.24. The van der Waals surface area contributed by atoms with Crippen molar-refractivity contribution in [2.75, 3.05) is 11.4 Å². The van der Waals surface area contributed by atoms with Gasteiger partial charge in [-0.1, -0.05) is 13.0 Å². The number of benzene rings is 1. The first-order valence-corrected chi connectivity index (χ1v) is 8.29. The van der Waals surface area contributed by atoms with Gasteiger partial charge in [0.2, 0.25) is 0 Å². The van der Waals surface area contributed by atoms with Crippen LogP contribution in [0.3, 0.4) is 0 Å². The van der Waals surface area contributed by atoms with Gasteiger partial charge in [0, 0.05) is 25.4 Å². The van der Waals surface area contributed by atoms with Gasteiger partial charge in [0.25, 0.3) is 5.91 Å². The molecule has 138 valence electrons. The van der Waals surface area contributed by atoms with Crippen molar-refractivity contribution in [2.24, 2.45) is 13.0 Å². The molecular weight excluding hydrogens is 348 g/mol. The van der Waals surface area contributed by atoms with E-state index in [2.05, 4.69) is 9.97 Å². The number of pyridine rings is 1. The summed E-state index contributed by atoms with van der Waals surface area (Å²) in [6.45, 7) is 1.51.